The van der Waals surface area contributed by atoms with E-state index in [2.05, 4.69) is 15.8 Å². The molecule has 2 aromatic carbocycles. The van der Waals surface area contributed by atoms with Crippen LogP contribution in [0.4, 0.5) is 0 Å². The first-order valence-corrected chi connectivity index (χ1v) is 9.81. The Morgan fingerprint density at radius 2 is 1.70 bits per heavy atom. The molecule has 3 aromatic rings. The number of nitrogens with one attached hydrogen (secondary N) is 2. The number of carbonyl (C=O) groups is 3. The highest BCUT2D eigenvalue weighted by Crippen LogP contribution is 2.30. The number of esters is 1. The predicted molar refractivity (Wildman–Crippen MR) is 111 cm³/mol. The Kier molecular flexibility index (Phi) is 5.43. The minimum Gasteiger partial charge on any atom is -0.449 e. The van der Waals surface area contributed by atoms with Crippen LogP contribution in [0.5, 0.6) is 0 Å². The number of amides is 2. The van der Waals surface area contributed by atoms with Crippen LogP contribution >= 0.6 is 0 Å². The number of pyridine rings is 1. The van der Waals surface area contributed by atoms with Gasteiger partial charge in [0.15, 0.2) is 6.10 Å². The number of hydrazine groups is 1. The molecule has 152 valence electrons. The highest BCUT2D eigenvalue weighted by Gasteiger charge is 2.27. The fourth-order valence-electron chi connectivity index (χ4n) is 3.60. The third kappa shape index (κ3) is 3.87. The lowest BCUT2D eigenvalue weighted by Gasteiger charge is -2.16. The average Bonchev–Trinajstić information content (AvgIpc) is 3.23. The van der Waals surface area contributed by atoms with Crippen molar-refractivity contribution in [3.8, 4) is 0 Å². The summed E-state index contributed by atoms with van der Waals surface area (Å²) in [5.41, 5.74) is 8.04. The number of ether oxygens (including phenoxy) is 1. The Morgan fingerprint density at radius 1 is 0.967 bits per heavy atom. The molecule has 0 saturated carbocycles. The van der Waals surface area contributed by atoms with Crippen LogP contribution in [0.25, 0.3) is 10.9 Å². The number of benzene rings is 2. The molecular weight excluding hydrogens is 382 g/mol. The summed E-state index contributed by atoms with van der Waals surface area (Å²) < 4.78 is 5.44. The maximum Gasteiger partial charge on any atom is 0.339 e. The molecule has 0 unspecified atom stereocenters. The zero-order valence-corrected chi connectivity index (χ0v) is 16.5. The summed E-state index contributed by atoms with van der Waals surface area (Å²) in [4.78, 5) is 42.0. The van der Waals surface area contributed by atoms with Crippen molar-refractivity contribution in [1.82, 2.24) is 15.8 Å². The van der Waals surface area contributed by atoms with E-state index >= 15 is 0 Å². The summed E-state index contributed by atoms with van der Waals surface area (Å²) in [5.74, 6) is -1.65. The number of nitrogens with zero attached hydrogens (tertiary/aromatic N) is 1. The molecule has 2 N–H and O–H groups in total. The predicted octanol–water partition coefficient (Wildman–Crippen LogP) is 2.73. The Bertz CT molecular complexity index is 1130. The van der Waals surface area contributed by atoms with E-state index in [1.807, 2.05) is 24.3 Å². The topological polar surface area (TPSA) is 97.4 Å². The minimum atomic E-state index is -1.09. The lowest BCUT2D eigenvalue weighted by molar-refractivity contribution is -0.129. The van der Waals surface area contributed by atoms with Crippen LogP contribution in [0.1, 0.15) is 45.3 Å². The number of hydrogen-bond donors (Lipinski definition) is 2. The van der Waals surface area contributed by atoms with Crippen molar-refractivity contribution in [2.75, 3.05) is 0 Å². The molecule has 30 heavy (non-hydrogen) atoms. The van der Waals surface area contributed by atoms with Gasteiger partial charge in [0.2, 0.25) is 0 Å². The van der Waals surface area contributed by atoms with E-state index in [-0.39, 0.29) is 0 Å². The molecule has 1 atom stereocenters. The van der Waals surface area contributed by atoms with Gasteiger partial charge >= 0.3 is 5.97 Å². The molecule has 4 rings (SSSR count). The van der Waals surface area contributed by atoms with Gasteiger partial charge in [0.1, 0.15) is 0 Å². The summed E-state index contributed by atoms with van der Waals surface area (Å²) in [7, 11) is 0. The summed E-state index contributed by atoms with van der Waals surface area (Å²) >= 11 is 0. The van der Waals surface area contributed by atoms with Gasteiger partial charge in [-0.15, -0.1) is 0 Å². The first-order chi connectivity index (χ1) is 14.5. The molecule has 0 bridgehead atoms. The smallest absolute Gasteiger partial charge is 0.339 e. The summed E-state index contributed by atoms with van der Waals surface area (Å²) in [6, 6.07) is 15.9. The van der Waals surface area contributed by atoms with Gasteiger partial charge in [0, 0.05) is 16.6 Å². The Balaban J connectivity index is 1.46. The van der Waals surface area contributed by atoms with Crippen LogP contribution in [0, 0.1) is 0 Å². The molecular formula is C23H21N3O4. The zero-order chi connectivity index (χ0) is 21.1. The first kappa shape index (κ1) is 19.6. The van der Waals surface area contributed by atoms with Gasteiger partial charge in [-0.05, 0) is 49.9 Å². The largest absolute Gasteiger partial charge is 0.449 e. The number of aromatic nitrogens is 1. The van der Waals surface area contributed by atoms with Gasteiger partial charge in [-0.3, -0.25) is 25.4 Å². The van der Waals surface area contributed by atoms with Crippen molar-refractivity contribution >= 4 is 28.7 Å². The molecule has 7 nitrogen and oxygen atoms in total. The van der Waals surface area contributed by atoms with Crippen LogP contribution in [0.2, 0.25) is 0 Å². The molecule has 0 saturated heterocycles. The van der Waals surface area contributed by atoms with Crippen LogP contribution in [0.3, 0.4) is 0 Å². The molecule has 0 radical (unpaired) electrons. The standard InChI is InChI=1S/C23H21N3O4/c1-14(21(27)25-26-22(28)15-8-3-2-4-9-15)30-23(29)20-16-10-5-6-12-18(16)24-19-13-7-11-17(19)20/h2-6,8-10,12,14H,7,11,13H2,1H3,(H,25,27)(H,26,28)/t14-/m1/s1. The van der Waals surface area contributed by atoms with Crippen LogP contribution in [-0.4, -0.2) is 28.9 Å². The van der Waals surface area contributed by atoms with E-state index in [9.17, 15) is 14.4 Å². The van der Waals surface area contributed by atoms with E-state index in [1.165, 1.54) is 6.92 Å². The normalized spacial score (nSPS) is 13.4. The highest BCUT2D eigenvalue weighted by molar-refractivity contribution is 6.06. The Morgan fingerprint density at radius 3 is 2.50 bits per heavy atom. The summed E-state index contributed by atoms with van der Waals surface area (Å²) in [6.45, 7) is 1.46. The lowest BCUT2D eigenvalue weighted by Crippen LogP contribution is -2.46. The molecule has 1 aromatic heterocycles. The first-order valence-electron chi connectivity index (χ1n) is 9.81. The molecule has 0 fully saturated rings. The van der Waals surface area contributed by atoms with E-state index in [0.29, 0.717) is 16.5 Å². The second-order valence-electron chi connectivity index (χ2n) is 7.14. The minimum absolute atomic E-state index is 0.404. The van der Waals surface area contributed by atoms with Gasteiger partial charge < -0.3 is 4.74 Å². The summed E-state index contributed by atoms with van der Waals surface area (Å²) in [6.07, 6.45) is 1.42. The van der Waals surface area contributed by atoms with Crippen molar-refractivity contribution in [1.29, 1.82) is 0 Å². The number of para-hydroxylation sites is 1. The second-order valence-corrected chi connectivity index (χ2v) is 7.14. The molecule has 7 heteroatoms. The zero-order valence-electron chi connectivity index (χ0n) is 16.5. The van der Waals surface area contributed by atoms with Crippen LogP contribution in [0.15, 0.2) is 54.6 Å². The monoisotopic (exact) mass is 403 g/mol. The molecule has 2 amide bonds. The number of carbonyl (C=O) groups excluding carboxylic acids is 3. The Hall–Kier alpha value is -3.74. The maximum atomic E-state index is 13.0. The lowest BCUT2D eigenvalue weighted by atomic mass is 10.0. The maximum absolute atomic E-state index is 13.0. The molecule has 1 aliphatic carbocycles. The van der Waals surface area contributed by atoms with Crippen molar-refractivity contribution in [2.45, 2.75) is 32.3 Å². The van der Waals surface area contributed by atoms with Gasteiger partial charge in [0.25, 0.3) is 11.8 Å². The number of rotatable bonds is 4. The van der Waals surface area contributed by atoms with E-state index in [4.69, 9.17) is 4.74 Å². The molecule has 0 aliphatic heterocycles. The van der Waals surface area contributed by atoms with Crippen molar-refractivity contribution in [3.63, 3.8) is 0 Å². The van der Waals surface area contributed by atoms with Crippen LogP contribution in [-0.2, 0) is 22.4 Å². The highest BCUT2D eigenvalue weighted by atomic mass is 16.5. The quantitative estimate of drug-likeness (QED) is 0.516. The SMILES string of the molecule is C[C@@H](OC(=O)c1c2c(nc3ccccc13)CCC2)C(=O)NNC(=O)c1ccccc1. The van der Waals surface area contributed by atoms with Crippen molar-refractivity contribution in [3.05, 3.63) is 77.0 Å². The molecule has 1 aliphatic rings. The fourth-order valence-corrected chi connectivity index (χ4v) is 3.60. The van der Waals surface area contributed by atoms with Crippen LogP contribution < -0.4 is 10.9 Å². The van der Waals surface area contributed by atoms with E-state index < -0.39 is 23.9 Å². The number of fused-ring (bicyclic) bond motifs is 2. The Labute approximate surface area is 173 Å². The van der Waals surface area contributed by atoms with E-state index in [0.717, 1.165) is 36.0 Å². The average molecular weight is 403 g/mol. The fraction of sp³-hybridized carbons (Fsp3) is 0.217. The van der Waals surface area contributed by atoms with Gasteiger partial charge in [-0.25, -0.2) is 4.79 Å². The number of aryl methyl sites for hydroxylation is 1. The summed E-state index contributed by atoms with van der Waals surface area (Å²) in [5, 5.41) is 0.716. The van der Waals surface area contributed by atoms with Gasteiger partial charge in [0.05, 0.1) is 11.1 Å². The van der Waals surface area contributed by atoms with Crippen molar-refractivity contribution < 1.29 is 19.1 Å². The molecule has 1 heterocycles. The van der Waals surface area contributed by atoms with Crippen molar-refractivity contribution in [2.24, 2.45) is 0 Å². The van der Waals surface area contributed by atoms with E-state index in [1.54, 1.807) is 30.3 Å². The second kappa shape index (κ2) is 8.32. The third-order valence-electron chi connectivity index (χ3n) is 5.11. The van der Waals surface area contributed by atoms with Gasteiger partial charge in [-0.1, -0.05) is 36.4 Å². The number of hydrogen-bond acceptors (Lipinski definition) is 5. The van der Waals surface area contributed by atoms with Gasteiger partial charge in [-0.2, -0.15) is 0 Å². The molecule has 0 spiro atoms. The third-order valence-corrected chi connectivity index (χ3v) is 5.11.